The van der Waals surface area contributed by atoms with Gasteiger partial charge in [-0.05, 0) is 18.6 Å². The molecule has 0 spiro atoms. The summed E-state index contributed by atoms with van der Waals surface area (Å²) in [7, 11) is -2.42. The molecule has 0 fully saturated rings. The van der Waals surface area contributed by atoms with Crippen LogP contribution in [0, 0.1) is 0 Å². The first-order valence-corrected chi connectivity index (χ1v) is 6.82. The van der Waals surface area contributed by atoms with E-state index in [0.29, 0.717) is 12.2 Å². The standard InChI is InChI=1S/C11H16O5S.Na/c1-15-11(8-5-9-17(12,13)14)16-10-6-3-2-4-7-10;/h2-4,6-7,11H,5,8-9H2,1H3,(H,12,13,14);. The number of rotatable bonds is 7. The SMILES string of the molecule is COC(CCCS(=O)(=O)O)Oc1ccccc1.[Na]. The van der Waals surface area contributed by atoms with Crippen LogP contribution in [0.4, 0.5) is 0 Å². The molecule has 0 aliphatic carbocycles. The summed E-state index contributed by atoms with van der Waals surface area (Å²) in [6, 6.07) is 9.11. The van der Waals surface area contributed by atoms with Crippen molar-refractivity contribution in [2.45, 2.75) is 19.1 Å². The molecule has 0 aliphatic heterocycles. The van der Waals surface area contributed by atoms with Crippen LogP contribution in [0.25, 0.3) is 0 Å². The third-order valence-corrected chi connectivity index (χ3v) is 2.92. The number of para-hydroxylation sites is 1. The van der Waals surface area contributed by atoms with Gasteiger partial charge in [-0.1, -0.05) is 18.2 Å². The van der Waals surface area contributed by atoms with Gasteiger partial charge in [0.1, 0.15) is 5.75 Å². The van der Waals surface area contributed by atoms with Crippen LogP contribution >= 0.6 is 0 Å². The van der Waals surface area contributed by atoms with Crippen molar-refractivity contribution in [2.24, 2.45) is 0 Å². The molecule has 1 atom stereocenters. The zero-order chi connectivity index (χ0) is 12.7. The molecule has 18 heavy (non-hydrogen) atoms. The van der Waals surface area contributed by atoms with E-state index in [4.69, 9.17) is 14.0 Å². The van der Waals surface area contributed by atoms with Gasteiger partial charge in [0.05, 0.1) is 5.75 Å². The van der Waals surface area contributed by atoms with Gasteiger partial charge in [0.25, 0.3) is 10.1 Å². The van der Waals surface area contributed by atoms with Crippen molar-refractivity contribution < 1.29 is 22.4 Å². The Morgan fingerprint density at radius 1 is 1.28 bits per heavy atom. The molecule has 0 aromatic heterocycles. The van der Waals surface area contributed by atoms with Crippen molar-refractivity contribution >= 4 is 39.7 Å². The summed E-state index contributed by atoms with van der Waals surface area (Å²) in [6.45, 7) is 0. The topological polar surface area (TPSA) is 72.8 Å². The van der Waals surface area contributed by atoms with Crippen molar-refractivity contribution in [3.8, 4) is 5.75 Å². The Hall–Kier alpha value is -0.110. The van der Waals surface area contributed by atoms with Gasteiger partial charge in [-0.25, -0.2) is 0 Å². The van der Waals surface area contributed by atoms with Gasteiger partial charge in [-0.15, -0.1) is 0 Å². The van der Waals surface area contributed by atoms with Crippen LogP contribution in [-0.4, -0.2) is 61.7 Å². The molecule has 5 nitrogen and oxygen atoms in total. The van der Waals surface area contributed by atoms with Crippen molar-refractivity contribution in [3.63, 3.8) is 0 Å². The fourth-order valence-corrected chi connectivity index (χ4v) is 1.84. The summed E-state index contributed by atoms with van der Waals surface area (Å²) in [5.41, 5.74) is 0. The molecule has 1 aromatic rings. The Morgan fingerprint density at radius 2 is 1.89 bits per heavy atom. The third-order valence-electron chi connectivity index (χ3n) is 2.12. The van der Waals surface area contributed by atoms with Crippen LogP contribution < -0.4 is 4.74 Å². The predicted molar refractivity (Wildman–Crippen MR) is 69.3 cm³/mol. The first-order valence-electron chi connectivity index (χ1n) is 5.21. The molecule has 1 rings (SSSR count). The van der Waals surface area contributed by atoms with Crippen molar-refractivity contribution in [3.05, 3.63) is 30.3 Å². The van der Waals surface area contributed by atoms with Gasteiger partial charge in [-0.3, -0.25) is 4.55 Å². The molecular formula is C11H16NaO5S. The molecule has 0 heterocycles. The van der Waals surface area contributed by atoms with Crippen LogP contribution in [0.1, 0.15) is 12.8 Å². The molecular weight excluding hydrogens is 267 g/mol. The van der Waals surface area contributed by atoms with Crippen molar-refractivity contribution in [1.82, 2.24) is 0 Å². The summed E-state index contributed by atoms with van der Waals surface area (Å²) >= 11 is 0. The second-order valence-corrected chi connectivity index (χ2v) is 5.10. The van der Waals surface area contributed by atoms with Crippen LogP contribution in [0.3, 0.4) is 0 Å². The summed E-state index contributed by atoms with van der Waals surface area (Å²) in [5.74, 6) is 0.372. The zero-order valence-corrected chi connectivity index (χ0v) is 13.4. The Kier molecular flexibility index (Phi) is 8.85. The van der Waals surface area contributed by atoms with E-state index in [0.717, 1.165) is 0 Å². The van der Waals surface area contributed by atoms with Gasteiger partial charge in [0, 0.05) is 43.1 Å². The molecule has 0 saturated carbocycles. The van der Waals surface area contributed by atoms with Gasteiger partial charge in [0.2, 0.25) is 0 Å². The van der Waals surface area contributed by atoms with Crippen molar-refractivity contribution in [1.29, 1.82) is 0 Å². The van der Waals surface area contributed by atoms with E-state index in [1.54, 1.807) is 12.1 Å². The van der Waals surface area contributed by atoms with E-state index >= 15 is 0 Å². The van der Waals surface area contributed by atoms with Crippen LogP contribution in [0.15, 0.2) is 30.3 Å². The fraction of sp³-hybridized carbons (Fsp3) is 0.455. The van der Waals surface area contributed by atoms with Gasteiger partial charge >= 0.3 is 0 Å². The minimum Gasteiger partial charge on any atom is -0.465 e. The molecule has 1 radical (unpaired) electrons. The second-order valence-electron chi connectivity index (χ2n) is 3.52. The monoisotopic (exact) mass is 283 g/mol. The maximum Gasteiger partial charge on any atom is 0.264 e. The Bertz CT molecular complexity index is 420. The molecule has 7 heteroatoms. The maximum atomic E-state index is 10.5. The first-order chi connectivity index (χ1) is 8.01. The number of hydrogen-bond acceptors (Lipinski definition) is 4. The predicted octanol–water partition coefficient (Wildman–Crippen LogP) is 1.33. The molecule has 1 aromatic carbocycles. The zero-order valence-electron chi connectivity index (χ0n) is 10.6. The summed E-state index contributed by atoms with van der Waals surface area (Å²) in [5, 5.41) is 0. The molecule has 0 aliphatic rings. The second kappa shape index (κ2) is 8.90. The average molecular weight is 283 g/mol. The number of benzene rings is 1. The molecule has 0 amide bonds. The van der Waals surface area contributed by atoms with E-state index in [2.05, 4.69) is 0 Å². The fourth-order valence-electron chi connectivity index (χ4n) is 1.31. The maximum absolute atomic E-state index is 10.5. The van der Waals surface area contributed by atoms with Crippen LogP contribution in [0.2, 0.25) is 0 Å². The first kappa shape index (κ1) is 17.9. The molecule has 0 bridgehead atoms. The largest absolute Gasteiger partial charge is 0.465 e. The molecule has 1 N–H and O–H groups in total. The summed E-state index contributed by atoms with van der Waals surface area (Å²) < 4.78 is 40.2. The Morgan fingerprint density at radius 3 is 2.39 bits per heavy atom. The van der Waals surface area contributed by atoms with Crippen molar-refractivity contribution in [2.75, 3.05) is 12.9 Å². The smallest absolute Gasteiger partial charge is 0.264 e. The summed E-state index contributed by atoms with van der Waals surface area (Å²) in [4.78, 5) is 0. The number of methoxy groups -OCH3 is 1. The minimum atomic E-state index is -3.91. The molecule has 0 saturated heterocycles. The van der Waals surface area contributed by atoms with E-state index in [-0.39, 0.29) is 41.7 Å². The van der Waals surface area contributed by atoms with Crippen LogP contribution in [-0.2, 0) is 14.9 Å². The van der Waals surface area contributed by atoms with E-state index in [1.807, 2.05) is 18.2 Å². The van der Waals surface area contributed by atoms with Crippen LogP contribution in [0.5, 0.6) is 5.75 Å². The average Bonchev–Trinajstić information content (AvgIpc) is 2.27. The van der Waals surface area contributed by atoms with Gasteiger partial charge < -0.3 is 9.47 Å². The van der Waals surface area contributed by atoms with E-state index in [1.165, 1.54) is 7.11 Å². The Labute approximate surface area is 130 Å². The number of ether oxygens (including phenoxy) is 2. The van der Waals surface area contributed by atoms with Gasteiger partial charge in [-0.2, -0.15) is 8.42 Å². The van der Waals surface area contributed by atoms with E-state index in [9.17, 15) is 8.42 Å². The minimum absolute atomic E-state index is 0. The molecule has 97 valence electrons. The number of hydrogen-bond donors (Lipinski definition) is 1. The Balaban J connectivity index is 0.00000289. The van der Waals surface area contributed by atoms with Gasteiger partial charge in [0.15, 0.2) is 6.29 Å². The third kappa shape index (κ3) is 8.07. The quantitative estimate of drug-likeness (QED) is 0.464. The van der Waals surface area contributed by atoms with E-state index < -0.39 is 16.4 Å². The summed E-state index contributed by atoms with van der Waals surface area (Å²) in [6.07, 6.45) is 0.161. The normalized spacial score (nSPS) is 12.6. The molecule has 1 unspecified atom stereocenters.